The molecule has 2 saturated carbocycles. The normalized spacial score (nSPS) is 14.8. The van der Waals surface area contributed by atoms with Crippen molar-refractivity contribution in [3.8, 4) is 33.8 Å². The third-order valence-electron chi connectivity index (χ3n) is 15.0. The van der Waals surface area contributed by atoms with Crippen LogP contribution in [0.5, 0.6) is 11.5 Å². The highest BCUT2D eigenvalue weighted by molar-refractivity contribution is 6.12. The predicted molar refractivity (Wildman–Crippen MR) is 338 cm³/mol. The van der Waals surface area contributed by atoms with Gasteiger partial charge >= 0.3 is 35.9 Å². The van der Waals surface area contributed by atoms with E-state index < -0.39 is 95.6 Å². The van der Waals surface area contributed by atoms with Gasteiger partial charge in [-0.15, -0.1) is 0 Å². The van der Waals surface area contributed by atoms with Crippen molar-refractivity contribution in [3.63, 3.8) is 0 Å². The zero-order valence-electron chi connectivity index (χ0n) is 53.0. The Labute approximate surface area is 536 Å². The van der Waals surface area contributed by atoms with Crippen molar-refractivity contribution in [1.29, 1.82) is 5.41 Å². The Bertz CT molecular complexity index is 3690. The summed E-state index contributed by atoms with van der Waals surface area (Å²) >= 11 is 0. The van der Waals surface area contributed by atoms with Crippen LogP contribution in [0.2, 0.25) is 0 Å². The number of carboxylic acid groups (broad SMARTS) is 1. The molecule has 4 amide bonds. The second-order valence-electron chi connectivity index (χ2n) is 22.4. The molecule has 7 rings (SSSR count). The maximum Gasteiger partial charge on any atom is 0.413 e. The lowest BCUT2D eigenvalue weighted by molar-refractivity contribution is -0.171. The number of ether oxygens (including phenoxy) is 9. The van der Waals surface area contributed by atoms with Gasteiger partial charge in [-0.3, -0.25) is 34.7 Å². The summed E-state index contributed by atoms with van der Waals surface area (Å²) in [5, 5.41) is 29.5. The fraction of sp³-hybridized carbons (Fsp3) is 0.373. The number of rotatable bonds is 31. The van der Waals surface area contributed by atoms with Crippen LogP contribution in [0.4, 0.5) is 10.5 Å². The molecule has 0 aliphatic heterocycles. The zero-order valence-corrected chi connectivity index (χ0v) is 53.0. The molecule has 3 aromatic carbocycles. The van der Waals surface area contributed by atoms with Gasteiger partial charge in [0, 0.05) is 91.4 Å². The molecule has 0 spiro atoms. The van der Waals surface area contributed by atoms with E-state index >= 15 is 0 Å². The summed E-state index contributed by atoms with van der Waals surface area (Å²) in [6.45, 7) is 15.7. The Kier molecular flexibility index (Phi) is 24.2. The highest BCUT2D eigenvalue weighted by Crippen LogP contribution is 2.43. The SMILES string of the molecule is C=Cc1cc(C(=O)O)c(-c2ccc(C(=O)NCC3CC3CC(C)C(=O)OC(C)OC(=O)c3nc(C(=O)NCC4CC4)ccc3-c3cc(OC)c(C=C)cc3C(=O)Nc3ccc(C(=N)NC(=O)OC(COC)COC)cc3)nc2C(=O)OC(C)OC(=O)C(C)C)cc1OC. The van der Waals surface area contributed by atoms with E-state index in [9.17, 15) is 48.3 Å². The van der Waals surface area contributed by atoms with E-state index in [1.54, 1.807) is 20.8 Å². The fourth-order valence-corrected chi connectivity index (χ4v) is 9.76. The third kappa shape index (κ3) is 18.7. The van der Waals surface area contributed by atoms with Gasteiger partial charge in [-0.2, -0.15) is 0 Å². The Balaban J connectivity index is 1.03. The average Bonchev–Trinajstić information content (AvgIpc) is 1.70. The van der Waals surface area contributed by atoms with Crippen molar-refractivity contribution < 1.29 is 90.9 Å². The number of amidine groups is 1. The Morgan fingerprint density at radius 3 is 1.60 bits per heavy atom. The molecule has 26 nitrogen and oxygen atoms in total. The minimum absolute atomic E-state index is 0.00283. The summed E-state index contributed by atoms with van der Waals surface area (Å²) in [7, 11) is 5.65. The Morgan fingerprint density at radius 2 is 1.12 bits per heavy atom. The molecule has 0 bridgehead atoms. The van der Waals surface area contributed by atoms with Crippen LogP contribution in [0, 0.1) is 35.0 Å². The molecular weight excluding hydrogens is 1210 g/mol. The van der Waals surface area contributed by atoms with Gasteiger partial charge in [0.05, 0.1) is 44.8 Å². The lowest BCUT2D eigenvalue weighted by Gasteiger charge is -2.19. The number of amides is 4. The number of aromatic carboxylic acids is 1. The van der Waals surface area contributed by atoms with Crippen LogP contribution >= 0.6 is 0 Å². The van der Waals surface area contributed by atoms with Gasteiger partial charge in [-0.05, 0) is 116 Å². The van der Waals surface area contributed by atoms with Crippen LogP contribution in [-0.4, -0.2) is 148 Å². The van der Waals surface area contributed by atoms with Gasteiger partial charge in [-0.1, -0.05) is 46.1 Å². The number of methoxy groups -OCH3 is 4. The molecule has 2 aliphatic rings. The van der Waals surface area contributed by atoms with E-state index in [1.807, 2.05) is 0 Å². The molecule has 93 heavy (non-hydrogen) atoms. The highest BCUT2D eigenvalue weighted by atomic mass is 16.7. The lowest BCUT2D eigenvalue weighted by Crippen LogP contribution is -2.36. The van der Waals surface area contributed by atoms with Crippen molar-refractivity contribution >= 4 is 77.3 Å². The van der Waals surface area contributed by atoms with Gasteiger partial charge in [0.25, 0.3) is 17.7 Å². The average molecular weight is 1280 g/mol. The number of nitrogens with one attached hydrogen (secondary N) is 5. The van der Waals surface area contributed by atoms with E-state index in [-0.39, 0.29) is 105 Å². The topological polar surface area (TPSA) is 355 Å². The molecule has 0 saturated heterocycles. The minimum Gasteiger partial charge on any atom is -0.496 e. The Morgan fingerprint density at radius 1 is 0.613 bits per heavy atom. The number of alkyl carbamates (subject to hydrolysis) is 1. The number of nitrogens with zero attached hydrogens (tertiary/aromatic N) is 2. The highest BCUT2D eigenvalue weighted by Gasteiger charge is 2.40. The summed E-state index contributed by atoms with van der Waals surface area (Å²) in [4.78, 5) is 130. The first-order valence-electron chi connectivity index (χ1n) is 29.7. The molecular formula is C67H75N7O19. The van der Waals surface area contributed by atoms with E-state index in [2.05, 4.69) is 44.4 Å². The molecule has 2 fully saturated rings. The number of anilines is 1. The number of benzene rings is 3. The molecule has 2 aliphatic carbocycles. The van der Waals surface area contributed by atoms with Crippen molar-refractivity contribution in [3.05, 3.63) is 137 Å². The van der Waals surface area contributed by atoms with Gasteiger partial charge in [0.2, 0.25) is 12.6 Å². The van der Waals surface area contributed by atoms with Crippen molar-refractivity contribution in [2.24, 2.45) is 29.6 Å². The first-order chi connectivity index (χ1) is 44.4. The number of pyridine rings is 2. The molecule has 5 aromatic rings. The van der Waals surface area contributed by atoms with Crippen LogP contribution in [0.15, 0.2) is 86.0 Å². The smallest absolute Gasteiger partial charge is 0.413 e. The van der Waals surface area contributed by atoms with Gasteiger partial charge in [-0.25, -0.2) is 29.1 Å². The number of carbonyl (C=O) groups excluding carboxylic acids is 8. The van der Waals surface area contributed by atoms with Gasteiger partial charge in [0.1, 0.15) is 28.7 Å². The summed E-state index contributed by atoms with van der Waals surface area (Å²) < 4.78 is 48.5. The maximum absolute atomic E-state index is 14.4. The standard InChI is InChI=1S/C67H75N7O19/c1-12-39-26-50(59(75)71-44-18-16-41(17-19-44)58(68)74-67(84)93-45(32-85-8)33-86-9)48(28-54(39)87-10)46-20-22-52(60(76)69-30-38-14-15-38)72-56(46)65(82)92-37(7)90-64(81)35(5)24-42-25-43(42)31-70-61(77)53-23-21-47(49-29-55(88-11)40(13-2)27-51(49)62(78)79)57(73-53)66(83)91-36(6)89-63(80)34(3)4/h12-13,16-23,26-29,34-38,42-43,45H,1-2,14-15,24-25,30-33H2,3-11H3,(H,69,76)(H,70,77)(H,71,75)(H,78,79)(H2,68,74,84). The molecule has 2 aromatic heterocycles. The first-order valence-corrected chi connectivity index (χ1v) is 29.7. The molecule has 2 heterocycles. The van der Waals surface area contributed by atoms with Crippen molar-refractivity contribution in [2.45, 2.75) is 79.0 Å². The number of hydrogen-bond acceptors (Lipinski definition) is 21. The predicted octanol–water partition coefficient (Wildman–Crippen LogP) is 8.76. The Hall–Kier alpha value is -10.3. The van der Waals surface area contributed by atoms with Crippen molar-refractivity contribution in [1.82, 2.24) is 25.9 Å². The minimum atomic E-state index is -1.50. The molecule has 5 unspecified atom stereocenters. The number of aromatic nitrogens is 2. The number of carboxylic acids is 1. The van der Waals surface area contributed by atoms with E-state index in [0.29, 0.717) is 36.4 Å². The van der Waals surface area contributed by atoms with Crippen LogP contribution in [0.1, 0.15) is 140 Å². The summed E-state index contributed by atoms with van der Waals surface area (Å²) in [6, 6.07) is 17.1. The van der Waals surface area contributed by atoms with Crippen LogP contribution < -0.4 is 30.7 Å². The van der Waals surface area contributed by atoms with Crippen LogP contribution in [-0.2, 0) is 42.7 Å². The number of hydrogen-bond donors (Lipinski definition) is 6. The number of carbonyl (C=O) groups is 9. The molecule has 492 valence electrons. The monoisotopic (exact) mass is 1280 g/mol. The van der Waals surface area contributed by atoms with E-state index in [1.165, 1.54) is 127 Å². The largest absolute Gasteiger partial charge is 0.496 e. The zero-order chi connectivity index (χ0) is 67.8. The molecule has 26 heteroatoms. The van der Waals surface area contributed by atoms with E-state index in [0.717, 1.165) is 12.8 Å². The fourth-order valence-electron chi connectivity index (χ4n) is 9.76. The first kappa shape index (κ1) is 70.1. The van der Waals surface area contributed by atoms with Crippen LogP contribution in [0.25, 0.3) is 34.4 Å². The lowest BCUT2D eigenvalue weighted by atomic mass is 9.94. The summed E-state index contributed by atoms with van der Waals surface area (Å²) in [6.07, 6.45) is 1.17. The van der Waals surface area contributed by atoms with Gasteiger partial charge < -0.3 is 63.7 Å². The second-order valence-corrected chi connectivity index (χ2v) is 22.4. The third-order valence-corrected chi connectivity index (χ3v) is 15.0. The molecule has 6 N–H and O–H groups in total. The number of esters is 4. The van der Waals surface area contributed by atoms with Crippen LogP contribution in [0.3, 0.4) is 0 Å². The summed E-state index contributed by atoms with van der Waals surface area (Å²) in [5.41, 5.74) is -0.0341. The quantitative estimate of drug-likeness (QED) is 0.00793. The summed E-state index contributed by atoms with van der Waals surface area (Å²) in [5.74, 6) is -7.82. The van der Waals surface area contributed by atoms with E-state index in [4.69, 9.17) is 48.0 Å². The second kappa shape index (κ2) is 32.1. The van der Waals surface area contributed by atoms with Crippen molar-refractivity contribution in [2.75, 3.05) is 60.1 Å². The molecule has 0 radical (unpaired) electrons. The molecule has 5 atom stereocenters. The van der Waals surface area contributed by atoms with Gasteiger partial charge in [0.15, 0.2) is 17.5 Å². The maximum atomic E-state index is 14.4.